The van der Waals surface area contributed by atoms with Gasteiger partial charge >= 0.3 is 0 Å². The molecule has 0 aromatic heterocycles. The predicted molar refractivity (Wildman–Crippen MR) is 93.4 cm³/mol. The normalized spacial score (nSPS) is 14.2. The van der Waals surface area contributed by atoms with E-state index < -0.39 is 0 Å². The Balaban J connectivity index is 1.72. The van der Waals surface area contributed by atoms with E-state index in [0.29, 0.717) is 10.7 Å². The van der Waals surface area contributed by atoms with Crippen molar-refractivity contribution in [2.75, 3.05) is 6.54 Å². The number of amides is 1. The van der Waals surface area contributed by atoms with E-state index in [9.17, 15) is 4.79 Å². The van der Waals surface area contributed by atoms with Crippen molar-refractivity contribution in [3.05, 3.63) is 46.0 Å². The molecule has 1 aliphatic rings. The van der Waals surface area contributed by atoms with E-state index in [1.165, 1.54) is 31.3 Å². The second-order valence-corrected chi connectivity index (χ2v) is 6.40. The summed E-state index contributed by atoms with van der Waals surface area (Å²) in [6.45, 7) is 0.769. The number of halogens is 1. The molecule has 0 atom stereocenters. The average molecular weight is 367 g/mol. The van der Waals surface area contributed by atoms with Gasteiger partial charge in [-0.25, -0.2) is 0 Å². The van der Waals surface area contributed by atoms with Gasteiger partial charge in [-0.3, -0.25) is 10.1 Å². The standard InChI is InChI=1S/C16H19BrN2OS/c17-14-8-6-13(7-9-14)15(20)19-16(21)18-11-10-12-4-2-1-3-5-12/h4,6-9H,1-3,5,10-11H2,(H2,18,19,20,21). The molecule has 0 bridgehead atoms. The van der Waals surface area contributed by atoms with E-state index in [-0.39, 0.29) is 5.91 Å². The zero-order chi connectivity index (χ0) is 15.1. The Bertz CT molecular complexity index is 540. The van der Waals surface area contributed by atoms with Crippen LogP contribution in [0, 0.1) is 0 Å². The number of allylic oxidation sites excluding steroid dienone is 1. The Hall–Kier alpha value is -1.20. The van der Waals surface area contributed by atoms with Crippen molar-refractivity contribution in [2.45, 2.75) is 32.1 Å². The Morgan fingerprint density at radius 3 is 2.67 bits per heavy atom. The highest BCUT2D eigenvalue weighted by Crippen LogP contribution is 2.19. The maximum atomic E-state index is 12.0. The highest BCUT2D eigenvalue weighted by Gasteiger charge is 2.08. The van der Waals surface area contributed by atoms with E-state index >= 15 is 0 Å². The Morgan fingerprint density at radius 1 is 1.24 bits per heavy atom. The molecule has 0 spiro atoms. The van der Waals surface area contributed by atoms with Gasteiger partial charge in [0, 0.05) is 16.6 Å². The minimum atomic E-state index is -0.183. The van der Waals surface area contributed by atoms with Crippen molar-refractivity contribution < 1.29 is 4.79 Å². The molecule has 3 nitrogen and oxygen atoms in total. The summed E-state index contributed by atoms with van der Waals surface area (Å²) in [6, 6.07) is 7.19. The molecular formula is C16H19BrN2OS. The summed E-state index contributed by atoms with van der Waals surface area (Å²) >= 11 is 8.49. The van der Waals surface area contributed by atoms with E-state index in [0.717, 1.165) is 17.4 Å². The summed E-state index contributed by atoms with van der Waals surface area (Å²) in [4.78, 5) is 12.0. The fourth-order valence-corrected chi connectivity index (χ4v) is 2.75. The van der Waals surface area contributed by atoms with Crippen molar-refractivity contribution >= 4 is 39.2 Å². The van der Waals surface area contributed by atoms with Gasteiger partial charge in [0.15, 0.2) is 5.11 Å². The van der Waals surface area contributed by atoms with Gasteiger partial charge < -0.3 is 5.32 Å². The first-order valence-corrected chi connectivity index (χ1v) is 8.38. The van der Waals surface area contributed by atoms with Crippen LogP contribution in [0.15, 0.2) is 40.4 Å². The highest BCUT2D eigenvalue weighted by molar-refractivity contribution is 9.10. The molecule has 0 unspecified atom stereocenters. The fraction of sp³-hybridized carbons (Fsp3) is 0.375. The average Bonchev–Trinajstić information content (AvgIpc) is 2.49. The largest absolute Gasteiger partial charge is 0.362 e. The van der Waals surface area contributed by atoms with E-state index in [4.69, 9.17) is 12.2 Å². The zero-order valence-electron chi connectivity index (χ0n) is 11.8. The van der Waals surface area contributed by atoms with E-state index in [1.54, 1.807) is 12.1 Å². The quantitative estimate of drug-likeness (QED) is 0.626. The molecule has 2 rings (SSSR count). The van der Waals surface area contributed by atoms with Crippen molar-refractivity contribution in [1.82, 2.24) is 10.6 Å². The van der Waals surface area contributed by atoms with Crippen LogP contribution in [0.25, 0.3) is 0 Å². The van der Waals surface area contributed by atoms with Gasteiger partial charge in [0.25, 0.3) is 5.91 Å². The van der Waals surface area contributed by atoms with Crippen molar-refractivity contribution in [1.29, 1.82) is 0 Å². The van der Waals surface area contributed by atoms with Crippen LogP contribution in [0.1, 0.15) is 42.5 Å². The Morgan fingerprint density at radius 2 is 2.00 bits per heavy atom. The Labute approximate surface area is 139 Å². The van der Waals surface area contributed by atoms with Gasteiger partial charge in [-0.1, -0.05) is 27.6 Å². The van der Waals surface area contributed by atoms with Crippen LogP contribution >= 0.6 is 28.1 Å². The topological polar surface area (TPSA) is 41.1 Å². The predicted octanol–water partition coefficient (Wildman–Crippen LogP) is 3.94. The number of benzene rings is 1. The number of carbonyl (C=O) groups excluding carboxylic acids is 1. The van der Waals surface area contributed by atoms with Gasteiger partial charge in [-0.15, -0.1) is 0 Å². The zero-order valence-corrected chi connectivity index (χ0v) is 14.2. The molecule has 21 heavy (non-hydrogen) atoms. The molecule has 0 saturated heterocycles. The lowest BCUT2D eigenvalue weighted by atomic mass is 9.97. The monoisotopic (exact) mass is 366 g/mol. The van der Waals surface area contributed by atoms with Gasteiger partial charge in [0.1, 0.15) is 0 Å². The molecule has 0 aliphatic heterocycles. The lowest BCUT2D eigenvalue weighted by Gasteiger charge is -2.14. The van der Waals surface area contributed by atoms with Crippen molar-refractivity contribution in [3.8, 4) is 0 Å². The SMILES string of the molecule is O=C(NC(=S)NCCC1=CCCCC1)c1ccc(Br)cc1. The lowest BCUT2D eigenvalue weighted by Crippen LogP contribution is -2.39. The fourth-order valence-electron chi connectivity index (χ4n) is 2.29. The molecule has 0 radical (unpaired) electrons. The summed E-state index contributed by atoms with van der Waals surface area (Å²) < 4.78 is 0.945. The summed E-state index contributed by atoms with van der Waals surface area (Å²) in [5, 5.41) is 6.18. The van der Waals surface area contributed by atoms with Crippen LogP contribution in [0.4, 0.5) is 0 Å². The molecule has 112 valence electrons. The van der Waals surface area contributed by atoms with Gasteiger partial charge in [-0.2, -0.15) is 0 Å². The van der Waals surface area contributed by atoms with Crippen LogP contribution in [0.2, 0.25) is 0 Å². The third-order valence-electron chi connectivity index (χ3n) is 3.45. The number of thiocarbonyl (C=S) groups is 1. The second kappa shape index (κ2) is 8.29. The first-order valence-electron chi connectivity index (χ1n) is 7.18. The van der Waals surface area contributed by atoms with Crippen LogP contribution in [0.5, 0.6) is 0 Å². The van der Waals surface area contributed by atoms with Crippen LogP contribution in [-0.2, 0) is 0 Å². The number of hydrogen-bond donors (Lipinski definition) is 2. The first-order chi connectivity index (χ1) is 10.1. The van der Waals surface area contributed by atoms with Crippen LogP contribution in [-0.4, -0.2) is 17.6 Å². The first kappa shape index (κ1) is 16.2. The molecule has 0 heterocycles. The van der Waals surface area contributed by atoms with E-state index in [1.807, 2.05) is 12.1 Å². The molecule has 1 amide bonds. The number of rotatable bonds is 4. The summed E-state index contributed by atoms with van der Waals surface area (Å²) in [7, 11) is 0. The molecule has 1 aromatic carbocycles. The molecule has 0 saturated carbocycles. The molecule has 5 heteroatoms. The minimum absolute atomic E-state index is 0.183. The summed E-state index contributed by atoms with van der Waals surface area (Å²) in [6.07, 6.45) is 8.30. The molecule has 1 aliphatic carbocycles. The van der Waals surface area contributed by atoms with Crippen LogP contribution < -0.4 is 10.6 Å². The molecule has 2 N–H and O–H groups in total. The van der Waals surface area contributed by atoms with Gasteiger partial charge in [0.05, 0.1) is 0 Å². The third kappa shape index (κ3) is 5.59. The number of nitrogens with one attached hydrogen (secondary N) is 2. The summed E-state index contributed by atoms with van der Waals surface area (Å²) in [5.41, 5.74) is 2.09. The maximum absolute atomic E-state index is 12.0. The van der Waals surface area contributed by atoms with Gasteiger partial charge in [0.2, 0.25) is 0 Å². The highest BCUT2D eigenvalue weighted by atomic mass is 79.9. The smallest absolute Gasteiger partial charge is 0.257 e. The Kier molecular flexibility index (Phi) is 6.39. The van der Waals surface area contributed by atoms with Crippen LogP contribution in [0.3, 0.4) is 0 Å². The number of carbonyl (C=O) groups is 1. The minimum Gasteiger partial charge on any atom is -0.362 e. The third-order valence-corrected chi connectivity index (χ3v) is 4.23. The maximum Gasteiger partial charge on any atom is 0.257 e. The molecule has 1 aromatic rings. The van der Waals surface area contributed by atoms with Crippen molar-refractivity contribution in [2.24, 2.45) is 0 Å². The summed E-state index contributed by atoms with van der Waals surface area (Å²) in [5.74, 6) is -0.183. The second-order valence-electron chi connectivity index (χ2n) is 5.08. The molecule has 0 fully saturated rings. The molecular weight excluding hydrogens is 348 g/mol. The lowest BCUT2D eigenvalue weighted by molar-refractivity contribution is 0.0976. The van der Waals surface area contributed by atoms with E-state index in [2.05, 4.69) is 32.6 Å². The van der Waals surface area contributed by atoms with Gasteiger partial charge in [-0.05, 0) is 68.6 Å². The number of hydrogen-bond acceptors (Lipinski definition) is 2. The van der Waals surface area contributed by atoms with Crippen molar-refractivity contribution in [3.63, 3.8) is 0 Å².